The van der Waals surface area contributed by atoms with Gasteiger partial charge in [-0.25, -0.2) is 0 Å². The third-order valence-corrected chi connectivity index (χ3v) is 7.94. The van der Waals surface area contributed by atoms with Crippen molar-refractivity contribution in [2.45, 2.75) is 12.4 Å². The van der Waals surface area contributed by atoms with Crippen molar-refractivity contribution in [3.05, 3.63) is 84.2 Å². The predicted octanol–water partition coefficient (Wildman–Crippen LogP) is 4.74. The minimum atomic E-state index is -4.70. The predicted molar refractivity (Wildman–Crippen MR) is 88.3 cm³/mol. The van der Waals surface area contributed by atoms with Gasteiger partial charge in [-0.05, 0) is 10.4 Å². The summed E-state index contributed by atoms with van der Waals surface area (Å²) in [6, 6.07) is 9.27. The van der Waals surface area contributed by atoms with Crippen LogP contribution >= 0.6 is 0 Å². The fraction of sp³-hybridized carbons (Fsp3) is 0.111. The summed E-state index contributed by atoms with van der Waals surface area (Å²) in [7, 11) is -3.72. The first-order chi connectivity index (χ1) is 11.6. The molecule has 0 amide bonds. The van der Waals surface area contributed by atoms with Crippen LogP contribution in [0, 0.1) is 0 Å². The van der Waals surface area contributed by atoms with Gasteiger partial charge in [-0.15, -0.1) is 13.2 Å². The van der Waals surface area contributed by atoms with Gasteiger partial charge < -0.3 is 0 Å². The highest BCUT2D eigenvalue weighted by Crippen LogP contribution is 2.32. The molecule has 0 radical (unpaired) electrons. The highest BCUT2D eigenvalue weighted by molar-refractivity contribution is 7.09. The second-order valence-electron chi connectivity index (χ2n) is 5.36. The van der Waals surface area contributed by atoms with Crippen molar-refractivity contribution in [1.82, 2.24) is 0 Å². The maximum absolute atomic E-state index is 13.4. The summed E-state index contributed by atoms with van der Waals surface area (Å²) in [4.78, 5) is 0. The maximum Gasteiger partial charge on any atom is 0.416 e. The Kier molecular flexibility index (Phi) is 4.99. The minimum absolute atomic E-state index is 0.218. The van der Waals surface area contributed by atoms with Crippen LogP contribution in [0.15, 0.2) is 73.1 Å². The molecule has 2 aromatic rings. The van der Waals surface area contributed by atoms with E-state index < -0.39 is 31.6 Å². The van der Waals surface area contributed by atoms with E-state index in [0.717, 1.165) is 12.1 Å². The molecule has 25 heavy (non-hydrogen) atoms. The van der Waals surface area contributed by atoms with Gasteiger partial charge in [0.15, 0.2) is 8.07 Å². The van der Waals surface area contributed by atoms with Crippen molar-refractivity contribution in [3.8, 4) is 0 Å². The van der Waals surface area contributed by atoms with Crippen molar-refractivity contribution in [2.24, 2.45) is 0 Å². The zero-order valence-corrected chi connectivity index (χ0v) is 14.0. The molecule has 0 unspecified atom stereocenters. The first-order valence-corrected chi connectivity index (χ1v) is 9.34. The first-order valence-electron chi connectivity index (χ1n) is 7.18. The Balaban J connectivity index is 2.89. The summed E-state index contributed by atoms with van der Waals surface area (Å²) in [5.74, 6) is 0. The standard InChI is InChI=1S/C18H14F6Si/c1-3-25(4-2,15-11-7-5-9-13(15)17(19,20)21)16-12-8-6-10-14(16)18(22,23)24/h3-12H,1-2H2. The fourth-order valence-electron chi connectivity index (χ4n) is 2.85. The molecular formula is C18H14F6Si. The molecule has 0 heterocycles. The van der Waals surface area contributed by atoms with E-state index in [2.05, 4.69) is 13.2 Å². The lowest BCUT2D eigenvalue weighted by Gasteiger charge is -2.31. The van der Waals surface area contributed by atoms with Crippen LogP contribution in [-0.4, -0.2) is 8.07 Å². The Hall–Kier alpha value is -2.28. The van der Waals surface area contributed by atoms with E-state index in [1.54, 1.807) is 0 Å². The summed E-state index contributed by atoms with van der Waals surface area (Å²) >= 11 is 0. The Morgan fingerprint density at radius 3 is 1.24 bits per heavy atom. The molecular weight excluding hydrogens is 358 g/mol. The van der Waals surface area contributed by atoms with Gasteiger partial charge in [0.2, 0.25) is 0 Å². The van der Waals surface area contributed by atoms with Crippen molar-refractivity contribution in [2.75, 3.05) is 0 Å². The molecule has 132 valence electrons. The van der Waals surface area contributed by atoms with Crippen LogP contribution in [0.25, 0.3) is 0 Å². The number of hydrogen-bond acceptors (Lipinski definition) is 0. The summed E-state index contributed by atoms with van der Waals surface area (Å²) < 4.78 is 80.6. The second-order valence-corrected chi connectivity index (χ2v) is 9.00. The number of alkyl halides is 6. The van der Waals surface area contributed by atoms with Crippen LogP contribution in [0.5, 0.6) is 0 Å². The number of halogens is 6. The summed E-state index contributed by atoms with van der Waals surface area (Å²) in [6.07, 6.45) is -9.40. The monoisotopic (exact) mass is 372 g/mol. The average Bonchev–Trinajstić information content (AvgIpc) is 2.56. The highest BCUT2D eigenvalue weighted by atomic mass is 28.3. The van der Waals surface area contributed by atoms with E-state index in [4.69, 9.17) is 0 Å². The van der Waals surface area contributed by atoms with Crippen LogP contribution in [0.2, 0.25) is 0 Å². The van der Waals surface area contributed by atoms with Gasteiger partial charge >= 0.3 is 12.4 Å². The highest BCUT2D eigenvalue weighted by Gasteiger charge is 2.45. The smallest absolute Gasteiger partial charge is 0.166 e. The van der Waals surface area contributed by atoms with Crippen molar-refractivity contribution in [3.63, 3.8) is 0 Å². The lowest BCUT2D eigenvalue weighted by Crippen LogP contribution is -2.59. The van der Waals surface area contributed by atoms with Gasteiger partial charge in [0, 0.05) is 0 Å². The molecule has 0 aliphatic carbocycles. The summed E-state index contributed by atoms with van der Waals surface area (Å²) in [5.41, 5.74) is 0.432. The second kappa shape index (κ2) is 6.55. The fourth-order valence-corrected chi connectivity index (χ4v) is 6.27. The SMILES string of the molecule is C=C[Si](C=C)(c1ccccc1C(F)(F)F)c1ccccc1C(F)(F)F. The topological polar surface area (TPSA) is 0 Å². The molecule has 0 atom stereocenters. The summed E-state index contributed by atoms with van der Waals surface area (Å²) in [5, 5.41) is -0.437. The van der Waals surface area contributed by atoms with Gasteiger partial charge in [-0.2, -0.15) is 26.3 Å². The van der Waals surface area contributed by atoms with Gasteiger partial charge in [0.25, 0.3) is 0 Å². The molecule has 0 aliphatic rings. The molecule has 0 spiro atoms. The van der Waals surface area contributed by atoms with Crippen LogP contribution in [0.4, 0.5) is 26.3 Å². The number of rotatable bonds is 4. The van der Waals surface area contributed by atoms with Crippen molar-refractivity contribution >= 4 is 18.4 Å². The Morgan fingerprint density at radius 1 is 0.640 bits per heavy atom. The molecule has 0 saturated carbocycles. The van der Waals surface area contributed by atoms with E-state index in [1.807, 2.05) is 0 Å². The third kappa shape index (κ3) is 3.42. The normalized spacial score (nSPS) is 12.7. The lowest BCUT2D eigenvalue weighted by molar-refractivity contribution is -0.137. The molecule has 0 fully saturated rings. The zero-order valence-electron chi connectivity index (χ0n) is 13.0. The van der Waals surface area contributed by atoms with E-state index >= 15 is 0 Å². The van der Waals surface area contributed by atoms with Gasteiger partial charge in [0.05, 0.1) is 11.1 Å². The molecule has 2 rings (SSSR count). The van der Waals surface area contributed by atoms with Gasteiger partial charge in [0.1, 0.15) is 0 Å². The minimum Gasteiger partial charge on any atom is -0.166 e. The zero-order chi connectivity index (χ0) is 18.9. The Labute approximate surface area is 142 Å². The van der Waals surface area contributed by atoms with Crippen LogP contribution < -0.4 is 10.4 Å². The molecule has 2 aromatic carbocycles. The molecule has 0 bridgehead atoms. The van der Waals surface area contributed by atoms with E-state index in [1.165, 1.54) is 47.8 Å². The molecule has 0 aliphatic heterocycles. The third-order valence-electron chi connectivity index (χ3n) is 4.00. The van der Waals surface area contributed by atoms with Gasteiger partial charge in [-0.1, -0.05) is 59.9 Å². The van der Waals surface area contributed by atoms with Crippen LogP contribution in [-0.2, 0) is 12.4 Å². The lowest BCUT2D eigenvalue weighted by atomic mass is 10.2. The molecule has 0 nitrogen and oxygen atoms in total. The number of hydrogen-bond donors (Lipinski definition) is 0. The van der Waals surface area contributed by atoms with Crippen molar-refractivity contribution in [1.29, 1.82) is 0 Å². The molecule has 0 aromatic heterocycles. The number of benzene rings is 2. The van der Waals surface area contributed by atoms with E-state index in [-0.39, 0.29) is 10.4 Å². The van der Waals surface area contributed by atoms with Crippen molar-refractivity contribution < 1.29 is 26.3 Å². The maximum atomic E-state index is 13.4. The van der Waals surface area contributed by atoms with Crippen LogP contribution in [0.3, 0.4) is 0 Å². The quantitative estimate of drug-likeness (QED) is 0.537. The van der Waals surface area contributed by atoms with E-state index in [0.29, 0.717) is 0 Å². The van der Waals surface area contributed by atoms with Crippen LogP contribution in [0.1, 0.15) is 11.1 Å². The average molecular weight is 372 g/mol. The Bertz CT molecular complexity index is 721. The Morgan fingerprint density at radius 2 is 0.960 bits per heavy atom. The largest absolute Gasteiger partial charge is 0.416 e. The molecule has 0 saturated heterocycles. The van der Waals surface area contributed by atoms with Gasteiger partial charge in [-0.3, -0.25) is 0 Å². The first kappa shape index (κ1) is 19.0. The molecule has 0 N–H and O–H groups in total. The van der Waals surface area contributed by atoms with E-state index in [9.17, 15) is 26.3 Å². The molecule has 7 heteroatoms. The summed E-state index contributed by atoms with van der Waals surface area (Å²) in [6.45, 7) is 7.12.